The Bertz CT molecular complexity index is 1590. The first-order valence-corrected chi connectivity index (χ1v) is 11.2. The molecular formula is C28H20O7. The van der Waals surface area contributed by atoms with Crippen molar-refractivity contribution in [1.82, 2.24) is 0 Å². The topological polar surface area (TPSA) is 106 Å². The summed E-state index contributed by atoms with van der Waals surface area (Å²) in [5.74, 6) is -0.281. The first kappa shape index (κ1) is 21.0. The van der Waals surface area contributed by atoms with Crippen LogP contribution in [0.15, 0.2) is 75.6 Å². The van der Waals surface area contributed by atoms with Crippen LogP contribution in [0.1, 0.15) is 30.4 Å². The second kappa shape index (κ2) is 7.77. The number of carbonyl (C=O) groups excluding carboxylic acids is 1. The van der Waals surface area contributed by atoms with Crippen LogP contribution >= 0.6 is 0 Å². The standard InChI is InChI=1S/C28H20O7/c1-14-18(10-16-4-2-3-5-22(16)34-14)19-11-24(31)35-23-12-21(30)26-27(32)20(13-33-28(26)25(19)23)15-6-8-17(29)9-7-15/h2-10,12-14,19,29-30H,11H2,1H3/t14-,19-/m1/s1. The Balaban J connectivity index is 1.58. The number of phenols is 2. The Labute approximate surface area is 199 Å². The molecule has 0 bridgehead atoms. The lowest BCUT2D eigenvalue weighted by molar-refractivity contribution is -0.135. The molecule has 1 aromatic heterocycles. The summed E-state index contributed by atoms with van der Waals surface area (Å²) in [4.78, 5) is 26.0. The Morgan fingerprint density at radius 2 is 1.74 bits per heavy atom. The highest BCUT2D eigenvalue weighted by Gasteiger charge is 2.37. The van der Waals surface area contributed by atoms with Crippen LogP contribution in [0.2, 0.25) is 0 Å². The third-order valence-electron chi connectivity index (χ3n) is 6.57. The van der Waals surface area contributed by atoms with E-state index in [4.69, 9.17) is 13.9 Å². The number of carbonyl (C=O) groups is 1. The number of para-hydroxylation sites is 1. The van der Waals surface area contributed by atoms with E-state index in [0.717, 1.165) is 16.9 Å². The molecule has 35 heavy (non-hydrogen) atoms. The summed E-state index contributed by atoms with van der Waals surface area (Å²) < 4.78 is 17.5. The Hall–Kier alpha value is -4.52. The van der Waals surface area contributed by atoms with Crippen molar-refractivity contribution in [2.75, 3.05) is 0 Å². The third kappa shape index (κ3) is 3.35. The summed E-state index contributed by atoms with van der Waals surface area (Å²) in [7, 11) is 0. The summed E-state index contributed by atoms with van der Waals surface area (Å²) >= 11 is 0. The molecular weight excluding hydrogens is 448 g/mol. The number of hydrogen-bond donors (Lipinski definition) is 2. The van der Waals surface area contributed by atoms with Crippen molar-refractivity contribution < 1.29 is 28.9 Å². The minimum atomic E-state index is -0.472. The summed E-state index contributed by atoms with van der Waals surface area (Å²) in [5, 5.41) is 20.3. The molecule has 0 aliphatic carbocycles. The lowest BCUT2D eigenvalue weighted by Crippen LogP contribution is -2.29. The predicted molar refractivity (Wildman–Crippen MR) is 129 cm³/mol. The molecule has 2 N–H and O–H groups in total. The van der Waals surface area contributed by atoms with E-state index >= 15 is 0 Å². The fourth-order valence-corrected chi connectivity index (χ4v) is 4.90. The monoisotopic (exact) mass is 468 g/mol. The van der Waals surface area contributed by atoms with Crippen molar-refractivity contribution in [1.29, 1.82) is 0 Å². The molecule has 2 aliphatic rings. The highest BCUT2D eigenvalue weighted by molar-refractivity contribution is 5.94. The van der Waals surface area contributed by atoms with Crippen LogP contribution in [-0.4, -0.2) is 22.3 Å². The van der Waals surface area contributed by atoms with Gasteiger partial charge in [-0.2, -0.15) is 0 Å². The Morgan fingerprint density at radius 1 is 0.971 bits per heavy atom. The summed E-state index contributed by atoms with van der Waals surface area (Å²) in [6, 6.07) is 15.0. The quantitative estimate of drug-likeness (QED) is 0.310. The van der Waals surface area contributed by atoms with Gasteiger partial charge in [0.05, 0.1) is 12.0 Å². The number of phenolic OH excluding ortho intramolecular Hbond substituents is 2. The molecule has 0 saturated carbocycles. The van der Waals surface area contributed by atoms with Crippen LogP contribution in [0.5, 0.6) is 23.0 Å². The molecule has 0 fully saturated rings. The van der Waals surface area contributed by atoms with E-state index in [1.54, 1.807) is 12.1 Å². The maximum atomic E-state index is 13.5. The molecule has 7 heteroatoms. The minimum absolute atomic E-state index is 0.00246. The maximum Gasteiger partial charge on any atom is 0.312 e. The fraction of sp³-hybridized carbons (Fsp3) is 0.143. The van der Waals surface area contributed by atoms with Crippen LogP contribution in [0, 0.1) is 0 Å². The fourth-order valence-electron chi connectivity index (χ4n) is 4.90. The van der Waals surface area contributed by atoms with Crippen molar-refractivity contribution in [3.8, 4) is 34.1 Å². The zero-order chi connectivity index (χ0) is 24.3. The van der Waals surface area contributed by atoms with Gasteiger partial charge in [-0.05, 0) is 42.3 Å². The molecule has 7 nitrogen and oxygen atoms in total. The third-order valence-corrected chi connectivity index (χ3v) is 6.57. The van der Waals surface area contributed by atoms with Gasteiger partial charge in [0.25, 0.3) is 0 Å². The maximum absolute atomic E-state index is 13.5. The van der Waals surface area contributed by atoms with Crippen LogP contribution < -0.4 is 14.9 Å². The van der Waals surface area contributed by atoms with Crippen molar-refractivity contribution in [3.63, 3.8) is 0 Å². The van der Waals surface area contributed by atoms with Crippen molar-refractivity contribution in [3.05, 3.63) is 87.8 Å². The molecule has 2 atom stereocenters. The number of fused-ring (bicyclic) bond motifs is 4. The molecule has 0 amide bonds. The Morgan fingerprint density at radius 3 is 2.54 bits per heavy atom. The lowest BCUT2D eigenvalue weighted by Gasteiger charge is -2.33. The number of hydrogen-bond acceptors (Lipinski definition) is 7. The van der Waals surface area contributed by atoms with Gasteiger partial charge in [-0.3, -0.25) is 9.59 Å². The SMILES string of the molecule is C[C@H]1Oc2ccccc2C=C1[C@H]1CC(=O)Oc2cc(O)c3c(=O)c(-c4ccc(O)cc4)coc3c21. The zero-order valence-electron chi connectivity index (χ0n) is 18.6. The second-order valence-corrected chi connectivity index (χ2v) is 8.71. The zero-order valence-corrected chi connectivity index (χ0v) is 18.6. The van der Waals surface area contributed by atoms with Gasteiger partial charge in [0.2, 0.25) is 5.43 Å². The summed E-state index contributed by atoms with van der Waals surface area (Å²) in [6.45, 7) is 1.91. The minimum Gasteiger partial charge on any atom is -0.508 e. The number of benzene rings is 3. The normalized spacial score (nSPS) is 18.8. The number of rotatable bonds is 2. The van der Waals surface area contributed by atoms with Crippen molar-refractivity contribution in [2.24, 2.45) is 0 Å². The second-order valence-electron chi connectivity index (χ2n) is 8.71. The average Bonchev–Trinajstić information content (AvgIpc) is 2.83. The van der Waals surface area contributed by atoms with Gasteiger partial charge in [0, 0.05) is 23.1 Å². The molecule has 3 aromatic carbocycles. The molecule has 6 rings (SSSR count). The van der Waals surface area contributed by atoms with Crippen LogP contribution in [0.3, 0.4) is 0 Å². The summed E-state index contributed by atoms with van der Waals surface area (Å²) in [6.07, 6.45) is 3.03. The molecule has 3 heterocycles. The van der Waals surface area contributed by atoms with Crippen molar-refractivity contribution in [2.45, 2.75) is 25.4 Å². The van der Waals surface area contributed by atoms with Gasteiger partial charge in [0.15, 0.2) is 0 Å². The first-order valence-electron chi connectivity index (χ1n) is 11.2. The van der Waals surface area contributed by atoms with Gasteiger partial charge in [-0.25, -0.2) is 0 Å². The highest BCUT2D eigenvalue weighted by atomic mass is 16.5. The van der Waals surface area contributed by atoms with Gasteiger partial charge >= 0.3 is 5.97 Å². The van der Waals surface area contributed by atoms with E-state index in [0.29, 0.717) is 11.1 Å². The van der Waals surface area contributed by atoms with Gasteiger partial charge in [-0.15, -0.1) is 0 Å². The number of ether oxygens (including phenoxy) is 2. The van der Waals surface area contributed by atoms with E-state index < -0.39 is 17.3 Å². The van der Waals surface area contributed by atoms with E-state index in [9.17, 15) is 19.8 Å². The van der Waals surface area contributed by atoms with Crippen molar-refractivity contribution >= 4 is 23.0 Å². The van der Waals surface area contributed by atoms with E-state index in [1.165, 1.54) is 24.5 Å². The van der Waals surface area contributed by atoms with Crippen LogP contribution in [-0.2, 0) is 4.79 Å². The first-order chi connectivity index (χ1) is 16.9. The molecule has 0 saturated heterocycles. The molecule has 174 valence electrons. The van der Waals surface area contributed by atoms with E-state index in [2.05, 4.69) is 0 Å². The van der Waals surface area contributed by atoms with Crippen LogP contribution in [0.25, 0.3) is 28.2 Å². The molecule has 0 radical (unpaired) electrons. The lowest BCUT2D eigenvalue weighted by atomic mass is 9.81. The van der Waals surface area contributed by atoms with E-state index in [-0.39, 0.29) is 46.3 Å². The molecule has 4 aromatic rings. The molecule has 0 spiro atoms. The van der Waals surface area contributed by atoms with Gasteiger partial charge < -0.3 is 24.1 Å². The largest absolute Gasteiger partial charge is 0.508 e. The average molecular weight is 468 g/mol. The molecule has 0 unspecified atom stereocenters. The predicted octanol–water partition coefficient (Wildman–Crippen LogP) is 5.13. The summed E-state index contributed by atoms with van der Waals surface area (Å²) in [5.41, 5.74) is 2.76. The Kier molecular flexibility index (Phi) is 4.67. The van der Waals surface area contributed by atoms with Gasteiger partial charge in [-0.1, -0.05) is 30.3 Å². The number of aromatic hydroxyl groups is 2. The smallest absolute Gasteiger partial charge is 0.312 e. The van der Waals surface area contributed by atoms with E-state index in [1.807, 2.05) is 37.3 Å². The molecule has 2 aliphatic heterocycles. The van der Waals surface area contributed by atoms with Gasteiger partial charge in [0.1, 0.15) is 46.3 Å². The highest BCUT2D eigenvalue weighted by Crippen LogP contribution is 2.48. The van der Waals surface area contributed by atoms with Crippen LogP contribution in [0.4, 0.5) is 0 Å². The number of esters is 1.